The van der Waals surface area contributed by atoms with Gasteiger partial charge in [-0.1, -0.05) is 12.1 Å². The lowest BCUT2D eigenvalue weighted by atomic mass is 10.1. The standard InChI is InChI=1S/C14H19NO4S/c1-10(12-6-7-12)15(2)20(18,19)9-11-4-3-5-13(8-11)14(16)17/h3-5,8,10,12H,6-7,9H2,1-2H3,(H,16,17). The first-order chi connectivity index (χ1) is 9.31. The summed E-state index contributed by atoms with van der Waals surface area (Å²) in [6.07, 6.45) is 2.16. The molecule has 6 heteroatoms. The van der Waals surface area contributed by atoms with Crippen molar-refractivity contribution in [3.63, 3.8) is 0 Å². The van der Waals surface area contributed by atoms with Crippen LogP contribution >= 0.6 is 0 Å². The smallest absolute Gasteiger partial charge is 0.335 e. The van der Waals surface area contributed by atoms with Crippen molar-refractivity contribution < 1.29 is 18.3 Å². The highest BCUT2D eigenvalue weighted by atomic mass is 32.2. The summed E-state index contributed by atoms with van der Waals surface area (Å²) in [5, 5.41) is 8.93. The number of aromatic carboxylic acids is 1. The molecule has 2 rings (SSSR count). The summed E-state index contributed by atoms with van der Waals surface area (Å²) in [6, 6.07) is 6.07. The Morgan fingerprint density at radius 3 is 2.65 bits per heavy atom. The summed E-state index contributed by atoms with van der Waals surface area (Å²) in [4.78, 5) is 10.9. The Bertz CT molecular complexity index is 607. The van der Waals surface area contributed by atoms with E-state index in [1.54, 1.807) is 19.2 Å². The van der Waals surface area contributed by atoms with E-state index in [0.717, 1.165) is 12.8 Å². The molecule has 0 bridgehead atoms. The Hall–Kier alpha value is -1.40. The number of rotatable bonds is 6. The molecule has 5 nitrogen and oxygen atoms in total. The van der Waals surface area contributed by atoms with Crippen molar-refractivity contribution in [1.82, 2.24) is 4.31 Å². The third kappa shape index (κ3) is 3.37. The van der Waals surface area contributed by atoms with Crippen LogP contribution in [0.3, 0.4) is 0 Å². The van der Waals surface area contributed by atoms with Gasteiger partial charge < -0.3 is 5.11 Å². The fourth-order valence-electron chi connectivity index (χ4n) is 2.24. The van der Waals surface area contributed by atoms with Crippen LogP contribution < -0.4 is 0 Å². The maximum absolute atomic E-state index is 12.3. The SMILES string of the molecule is CC(C1CC1)N(C)S(=O)(=O)Cc1cccc(C(=O)O)c1. The van der Waals surface area contributed by atoms with Gasteiger partial charge in [-0.15, -0.1) is 0 Å². The molecule has 1 aromatic rings. The van der Waals surface area contributed by atoms with Crippen molar-refractivity contribution in [2.75, 3.05) is 7.05 Å². The molecule has 1 fully saturated rings. The van der Waals surface area contributed by atoms with Crippen molar-refractivity contribution >= 4 is 16.0 Å². The van der Waals surface area contributed by atoms with Crippen LogP contribution in [-0.4, -0.2) is 36.9 Å². The molecular formula is C14H19NO4S. The van der Waals surface area contributed by atoms with Gasteiger partial charge in [0.2, 0.25) is 10.0 Å². The molecule has 0 aromatic heterocycles. The zero-order valence-electron chi connectivity index (χ0n) is 11.6. The van der Waals surface area contributed by atoms with E-state index in [4.69, 9.17) is 5.11 Å². The molecule has 1 aliphatic rings. The van der Waals surface area contributed by atoms with Gasteiger partial charge in [-0.2, -0.15) is 0 Å². The molecule has 1 unspecified atom stereocenters. The van der Waals surface area contributed by atoms with Gasteiger partial charge in [0.1, 0.15) is 0 Å². The molecule has 0 heterocycles. The Kier molecular flexibility index (Phi) is 4.15. The lowest BCUT2D eigenvalue weighted by molar-refractivity contribution is 0.0696. The van der Waals surface area contributed by atoms with E-state index >= 15 is 0 Å². The monoisotopic (exact) mass is 297 g/mol. The van der Waals surface area contributed by atoms with E-state index < -0.39 is 16.0 Å². The molecule has 1 aromatic carbocycles. The second-order valence-electron chi connectivity index (χ2n) is 5.36. The summed E-state index contributed by atoms with van der Waals surface area (Å²) in [7, 11) is -1.82. The lowest BCUT2D eigenvalue weighted by Gasteiger charge is -2.24. The van der Waals surface area contributed by atoms with Gasteiger partial charge in [0.05, 0.1) is 11.3 Å². The number of hydrogen-bond acceptors (Lipinski definition) is 3. The van der Waals surface area contributed by atoms with Gasteiger partial charge in [-0.05, 0) is 43.4 Å². The molecule has 1 saturated carbocycles. The predicted molar refractivity (Wildman–Crippen MR) is 76.0 cm³/mol. The number of carboxylic acid groups (broad SMARTS) is 1. The highest BCUT2D eigenvalue weighted by Crippen LogP contribution is 2.35. The van der Waals surface area contributed by atoms with Crippen LogP contribution in [-0.2, 0) is 15.8 Å². The van der Waals surface area contributed by atoms with E-state index in [1.165, 1.54) is 16.4 Å². The average Bonchev–Trinajstić information content (AvgIpc) is 3.21. The summed E-state index contributed by atoms with van der Waals surface area (Å²) in [6.45, 7) is 1.92. The fraction of sp³-hybridized carbons (Fsp3) is 0.500. The topological polar surface area (TPSA) is 74.7 Å². The molecule has 1 N–H and O–H groups in total. The van der Waals surface area contributed by atoms with Gasteiger partial charge in [-0.25, -0.2) is 17.5 Å². The predicted octanol–water partition coefficient (Wildman–Crippen LogP) is 1.94. The van der Waals surface area contributed by atoms with E-state index in [1.807, 2.05) is 6.92 Å². The lowest BCUT2D eigenvalue weighted by Crippen LogP contribution is -2.37. The van der Waals surface area contributed by atoms with Crippen LogP contribution in [0.5, 0.6) is 0 Å². The number of sulfonamides is 1. The number of carboxylic acids is 1. The number of carbonyl (C=O) groups is 1. The zero-order chi connectivity index (χ0) is 14.9. The summed E-state index contributed by atoms with van der Waals surface area (Å²) < 4.78 is 26.1. The van der Waals surface area contributed by atoms with Crippen molar-refractivity contribution in [2.24, 2.45) is 5.92 Å². The number of benzene rings is 1. The highest BCUT2D eigenvalue weighted by Gasteiger charge is 2.35. The van der Waals surface area contributed by atoms with Crippen LogP contribution in [0.4, 0.5) is 0 Å². The second-order valence-corrected chi connectivity index (χ2v) is 7.38. The average molecular weight is 297 g/mol. The van der Waals surface area contributed by atoms with Gasteiger partial charge in [0.15, 0.2) is 0 Å². The Morgan fingerprint density at radius 2 is 2.10 bits per heavy atom. The third-order valence-electron chi connectivity index (χ3n) is 3.84. The minimum absolute atomic E-state index is 0.00246. The van der Waals surface area contributed by atoms with Crippen LogP contribution in [0.15, 0.2) is 24.3 Å². The molecule has 0 aliphatic heterocycles. The van der Waals surface area contributed by atoms with Gasteiger partial charge in [0, 0.05) is 13.1 Å². The molecular weight excluding hydrogens is 278 g/mol. The van der Waals surface area contributed by atoms with Crippen molar-refractivity contribution in [3.05, 3.63) is 35.4 Å². The summed E-state index contributed by atoms with van der Waals surface area (Å²) >= 11 is 0. The van der Waals surface area contributed by atoms with Crippen LogP contribution in [0.1, 0.15) is 35.7 Å². The normalized spacial score (nSPS) is 17.1. The maximum Gasteiger partial charge on any atom is 0.335 e. The van der Waals surface area contributed by atoms with Crippen LogP contribution in [0, 0.1) is 5.92 Å². The minimum atomic E-state index is -3.42. The highest BCUT2D eigenvalue weighted by molar-refractivity contribution is 7.88. The third-order valence-corrected chi connectivity index (χ3v) is 5.75. The minimum Gasteiger partial charge on any atom is -0.478 e. The van der Waals surface area contributed by atoms with E-state index in [9.17, 15) is 13.2 Å². The molecule has 20 heavy (non-hydrogen) atoms. The number of nitrogens with zero attached hydrogens (tertiary/aromatic N) is 1. The van der Waals surface area contributed by atoms with Gasteiger partial charge in [0.25, 0.3) is 0 Å². The zero-order valence-corrected chi connectivity index (χ0v) is 12.4. The summed E-state index contributed by atoms with van der Waals surface area (Å²) in [5.41, 5.74) is 0.607. The van der Waals surface area contributed by atoms with Crippen molar-refractivity contribution in [1.29, 1.82) is 0 Å². The molecule has 0 radical (unpaired) electrons. The van der Waals surface area contributed by atoms with E-state index in [-0.39, 0.29) is 17.4 Å². The largest absolute Gasteiger partial charge is 0.478 e. The maximum atomic E-state index is 12.3. The first kappa shape index (κ1) is 15.0. The first-order valence-corrected chi connectivity index (χ1v) is 8.20. The van der Waals surface area contributed by atoms with E-state index in [2.05, 4.69) is 0 Å². The Morgan fingerprint density at radius 1 is 1.45 bits per heavy atom. The van der Waals surface area contributed by atoms with Crippen LogP contribution in [0.2, 0.25) is 0 Å². The molecule has 1 atom stereocenters. The molecule has 0 saturated heterocycles. The molecule has 110 valence electrons. The van der Waals surface area contributed by atoms with Gasteiger partial charge in [-0.3, -0.25) is 0 Å². The molecule has 1 aliphatic carbocycles. The Labute approximate surface area is 119 Å². The molecule has 0 spiro atoms. The van der Waals surface area contributed by atoms with Gasteiger partial charge >= 0.3 is 5.97 Å². The second kappa shape index (κ2) is 5.54. The fourth-order valence-corrected chi connectivity index (χ4v) is 3.72. The first-order valence-electron chi connectivity index (χ1n) is 6.59. The Balaban J connectivity index is 2.15. The quantitative estimate of drug-likeness (QED) is 0.871. The van der Waals surface area contributed by atoms with Crippen LogP contribution in [0.25, 0.3) is 0 Å². The van der Waals surface area contributed by atoms with E-state index in [0.29, 0.717) is 11.5 Å². The number of hydrogen-bond donors (Lipinski definition) is 1. The molecule has 0 amide bonds. The van der Waals surface area contributed by atoms with Crippen molar-refractivity contribution in [2.45, 2.75) is 31.6 Å². The van der Waals surface area contributed by atoms with Crippen molar-refractivity contribution in [3.8, 4) is 0 Å². The summed E-state index contributed by atoms with van der Waals surface area (Å²) in [5.74, 6) is -0.758.